The van der Waals surface area contributed by atoms with Crippen LogP contribution in [0.3, 0.4) is 0 Å². The molecule has 1 amide bonds. The predicted octanol–water partition coefficient (Wildman–Crippen LogP) is 0.879. The molecule has 0 fully saturated rings. The van der Waals surface area contributed by atoms with E-state index >= 15 is 0 Å². The van der Waals surface area contributed by atoms with E-state index in [1.807, 2.05) is 0 Å². The summed E-state index contributed by atoms with van der Waals surface area (Å²) < 4.78 is 22.4. The Bertz CT molecular complexity index is 1020. The summed E-state index contributed by atoms with van der Waals surface area (Å²) in [6.45, 7) is 0.0196. The lowest BCUT2D eigenvalue weighted by Gasteiger charge is -2.08. The first-order valence-corrected chi connectivity index (χ1v) is 9.17. The zero-order chi connectivity index (χ0) is 20.9. The molecule has 2 rings (SSSR count). The summed E-state index contributed by atoms with van der Waals surface area (Å²) in [5.41, 5.74) is -0.548. The van der Waals surface area contributed by atoms with E-state index in [2.05, 4.69) is 10.6 Å². The van der Waals surface area contributed by atoms with Crippen LogP contribution in [0.1, 0.15) is 5.56 Å². The van der Waals surface area contributed by atoms with E-state index in [9.17, 15) is 33.4 Å². The molecule has 0 heterocycles. The fourth-order valence-electron chi connectivity index (χ4n) is 2.20. The summed E-state index contributed by atoms with van der Waals surface area (Å²) in [6.07, 6.45) is 0. The molecule has 0 radical (unpaired) electrons. The highest BCUT2D eigenvalue weighted by Gasteiger charge is 2.20. The average Bonchev–Trinajstić information content (AvgIpc) is 2.61. The summed E-state index contributed by atoms with van der Waals surface area (Å²) >= 11 is 0. The smallest absolute Gasteiger partial charge is 0.299 e. The van der Waals surface area contributed by atoms with E-state index in [1.54, 1.807) is 0 Å². The number of anilines is 1. The standard InChI is InChI=1S/C15H15N5O7S/c16-28(26,27)12-4-1-10(2-5-12)8-17-9-15(21)18-13-6-3-11(19(22)23)7-14(13)20(24)25/h1-7,17H,8-9H2,(H,18,21)(H2,16,26,27). The molecule has 0 aromatic heterocycles. The molecular formula is C15H15N5O7S. The Hall–Kier alpha value is -3.42. The minimum absolute atomic E-state index is 0.0422. The second-order valence-corrected chi connectivity index (χ2v) is 7.12. The zero-order valence-electron chi connectivity index (χ0n) is 14.2. The highest BCUT2D eigenvalue weighted by Crippen LogP contribution is 2.28. The number of hydrogen-bond acceptors (Lipinski definition) is 8. The third-order valence-electron chi connectivity index (χ3n) is 3.53. The molecule has 148 valence electrons. The molecule has 0 bridgehead atoms. The number of nitro benzene ring substituents is 2. The second kappa shape index (κ2) is 8.51. The van der Waals surface area contributed by atoms with Crippen LogP contribution in [-0.4, -0.2) is 30.7 Å². The first-order chi connectivity index (χ1) is 13.1. The van der Waals surface area contributed by atoms with Gasteiger partial charge in [-0.3, -0.25) is 25.0 Å². The number of amides is 1. The number of rotatable bonds is 8. The number of sulfonamides is 1. The second-order valence-electron chi connectivity index (χ2n) is 5.56. The van der Waals surface area contributed by atoms with E-state index < -0.39 is 37.2 Å². The highest BCUT2D eigenvalue weighted by molar-refractivity contribution is 7.89. The number of carbonyl (C=O) groups excluding carboxylic acids is 1. The van der Waals surface area contributed by atoms with Gasteiger partial charge in [0.25, 0.3) is 11.4 Å². The third-order valence-corrected chi connectivity index (χ3v) is 4.46. The molecule has 4 N–H and O–H groups in total. The molecule has 0 aliphatic heterocycles. The Morgan fingerprint density at radius 1 is 1.04 bits per heavy atom. The Morgan fingerprint density at radius 3 is 2.21 bits per heavy atom. The van der Waals surface area contributed by atoms with Crippen LogP contribution in [0.4, 0.5) is 17.1 Å². The number of carbonyl (C=O) groups is 1. The maximum Gasteiger partial charge on any atom is 0.299 e. The van der Waals surface area contributed by atoms with Gasteiger partial charge in [0.05, 0.1) is 27.4 Å². The van der Waals surface area contributed by atoms with Crippen molar-refractivity contribution in [2.45, 2.75) is 11.4 Å². The summed E-state index contributed by atoms with van der Waals surface area (Å²) in [5, 5.41) is 31.8. The van der Waals surface area contributed by atoms with E-state index in [0.29, 0.717) is 5.56 Å². The van der Waals surface area contributed by atoms with Crippen molar-refractivity contribution in [1.29, 1.82) is 0 Å². The maximum absolute atomic E-state index is 12.0. The number of nitrogens with one attached hydrogen (secondary N) is 2. The van der Waals surface area contributed by atoms with Gasteiger partial charge >= 0.3 is 0 Å². The minimum Gasteiger partial charge on any atom is -0.319 e. The van der Waals surface area contributed by atoms with E-state index in [1.165, 1.54) is 24.3 Å². The first kappa shape index (κ1) is 20.9. The van der Waals surface area contributed by atoms with Gasteiger partial charge in [0.1, 0.15) is 5.69 Å². The van der Waals surface area contributed by atoms with E-state index in [-0.39, 0.29) is 23.7 Å². The van der Waals surface area contributed by atoms with Crippen molar-refractivity contribution in [3.05, 3.63) is 68.3 Å². The zero-order valence-corrected chi connectivity index (χ0v) is 15.0. The molecule has 2 aromatic rings. The summed E-state index contributed by atoms with van der Waals surface area (Å²) in [5.74, 6) is -0.599. The third kappa shape index (κ3) is 5.54. The van der Waals surface area contributed by atoms with Crippen LogP contribution >= 0.6 is 0 Å². The molecule has 0 aliphatic carbocycles. The fourth-order valence-corrected chi connectivity index (χ4v) is 2.72. The van der Waals surface area contributed by atoms with Gasteiger partial charge in [0.15, 0.2) is 0 Å². The molecule has 0 atom stereocenters. The Morgan fingerprint density at radius 2 is 1.68 bits per heavy atom. The van der Waals surface area contributed by atoms with Crippen LogP contribution in [0.15, 0.2) is 47.4 Å². The van der Waals surface area contributed by atoms with Gasteiger partial charge in [0, 0.05) is 12.6 Å². The molecule has 28 heavy (non-hydrogen) atoms. The quantitative estimate of drug-likeness (QED) is 0.423. The largest absolute Gasteiger partial charge is 0.319 e. The molecule has 0 aliphatic rings. The van der Waals surface area contributed by atoms with Crippen LogP contribution in [0, 0.1) is 20.2 Å². The number of benzene rings is 2. The Balaban J connectivity index is 1.96. The van der Waals surface area contributed by atoms with Crippen LogP contribution in [-0.2, 0) is 21.4 Å². The molecule has 0 saturated heterocycles. The number of primary sulfonamides is 1. The monoisotopic (exact) mass is 409 g/mol. The minimum atomic E-state index is -3.79. The Kier molecular flexibility index (Phi) is 6.35. The lowest BCUT2D eigenvalue weighted by Crippen LogP contribution is -2.28. The first-order valence-electron chi connectivity index (χ1n) is 7.63. The highest BCUT2D eigenvalue weighted by atomic mass is 32.2. The molecule has 0 saturated carbocycles. The fraction of sp³-hybridized carbons (Fsp3) is 0.133. The number of nitrogens with two attached hydrogens (primary N) is 1. The van der Waals surface area contributed by atoms with Gasteiger partial charge < -0.3 is 10.6 Å². The van der Waals surface area contributed by atoms with Gasteiger partial charge in [-0.25, -0.2) is 13.6 Å². The van der Waals surface area contributed by atoms with Crippen LogP contribution < -0.4 is 15.8 Å². The number of hydrogen-bond donors (Lipinski definition) is 3. The van der Waals surface area contributed by atoms with Crippen molar-refractivity contribution < 1.29 is 23.1 Å². The normalized spacial score (nSPS) is 11.0. The SMILES string of the molecule is NS(=O)(=O)c1ccc(CNCC(=O)Nc2ccc([N+](=O)[O-])cc2[N+](=O)[O-])cc1. The number of non-ortho nitro benzene ring substituents is 1. The van der Waals surface area contributed by atoms with Gasteiger partial charge in [-0.15, -0.1) is 0 Å². The van der Waals surface area contributed by atoms with Crippen LogP contribution in [0.25, 0.3) is 0 Å². The molecule has 0 unspecified atom stereocenters. The molecule has 12 nitrogen and oxygen atoms in total. The van der Waals surface area contributed by atoms with Crippen molar-refractivity contribution >= 4 is 33.0 Å². The maximum atomic E-state index is 12.0. The lowest BCUT2D eigenvalue weighted by molar-refractivity contribution is -0.393. The van der Waals surface area contributed by atoms with Gasteiger partial charge in [-0.05, 0) is 23.8 Å². The molecule has 2 aromatic carbocycles. The Labute approximate surface area is 158 Å². The van der Waals surface area contributed by atoms with Crippen LogP contribution in [0.2, 0.25) is 0 Å². The molecule has 0 spiro atoms. The molecular weight excluding hydrogens is 394 g/mol. The molecule has 13 heteroatoms. The van der Waals surface area contributed by atoms with Crippen molar-refractivity contribution in [1.82, 2.24) is 5.32 Å². The summed E-state index contributed by atoms with van der Waals surface area (Å²) in [7, 11) is -3.79. The van der Waals surface area contributed by atoms with Crippen molar-refractivity contribution in [2.75, 3.05) is 11.9 Å². The number of nitro groups is 2. The topological polar surface area (TPSA) is 188 Å². The number of nitrogens with zero attached hydrogens (tertiary/aromatic N) is 2. The van der Waals surface area contributed by atoms with Crippen molar-refractivity contribution in [3.8, 4) is 0 Å². The van der Waals surface area contributed by atoms with E-state index in [4.69, 9.17) is 5.14 Å². The predicted molar refractivity (Wildman–Crippen MR) is 97.9 cm³/mol. The summed E-state index contributed by atoms with van der Waals surface area (Å²) in [6, 6.07) is 8.58. The average molecular weight is 409 g/mol. The van der Waals surface area contributed by atoms with E-state index in [0.717, 1.165) is 18.2 Å². The van der Waals surface area contributed by atoms with Gasteiger partial charge in [-0.2, -0.15) is 0 Å². The van der Waals surface area contributed by atoms with Gasteiger partial charge in [0.2, 0.25) is 15.9 Å². The summed E-state index contributed by atoms with van der Waals surface area (Å²) in [4.78, 5) is 32.1. The van der Waals surface area contributed by atoms with Crippen molar-refractivity contribution in [2.24, 2.45) is 5.14 Å². The van der Waals surface area contributed by atoms with Crippen LogP contribution in [0.5, 0.6) is 0 Å². The van der Waals surface area contributed by atoms with Gasteiger partial charge in [-0.1, -0.05) is 12.1 Å². The van der Waals surface area contributed by atoms with Crippen molar-refractivity contribution in [3.63, 3.8) is 0 Å². The lowest BCUT2D eigenvalue weighted by atomic mass is 10.2.